The van der Waals surface area contributed by atoms with Gasteiger partial charge in [0.05, 0.1) is 4.92 Å². The van der Waals surface area contributed by atoms with Crippen molar-refractivity contribution in [2.75, 3.05) is 6.54 Å². The number of amides is 1. The summed E-state index contributed by atoms with van der Waals surface area (Å²) in [6.07, 6.45) is 0.233. The van der Waals surface area contributed by atoms with Crippen LogP contribution in [0.15, 0.2) is 54.6 Å². The SMILES string of the molecule is CC[C@H](CNC(=O)[C@@H](C)Oc1ccc([N+](=O)[O-])cc1)c1ccccc1. The number of non-ortho nitro benzene ring substituents is 1. The molecule has 0 aliphatic rings. The second-order valence-electron chi connectivity index (χ2n) is 5.77. The normalized spacial score (nSPS) is 12.9. The van der Waals surface area contributed by atoms with E-state index in [-0.39, 0.29) is 17.5 Å². The Hall–Kier alpha value is -2.89. The zero-order chi connectivity index (χ0) is 18.2. The molecule has 2 atom stereocenters. The van der Waals surface area contributed by atoms with E-state index < -0.39 is 11.0 Å². The molecule has 25 heavy (non-hydrogen) atoms. The lowest BCUT2D eigenvalue weighted by Crippen LogP contribution is -2.38. The Bertz CT molecular complexity index is 701. The maximum absolute atomic E-state index is 12.2. The lowest BCUT2D eigenvalue weighted by Gasteiger charge is -2.19. The van der Waals surface area contributed by atoms with Crippen LogP contribution in [0.1, 0.15) is 31.7 Å². The summed E-state index contributed by atoms with van der Waals surface area (Å²) < 4.78 is 5.55. The average molecular weight is 342 g/mol. The molecule has 1 amide bonds. The van der Waals surface area contributed by atoms with Gasteiger partial charge in [-0.3, -0.25) is 14.9 Å². The Labute approximate surface area is 147 Å². The fourth-order valence-corrected chi connectivity index (χ4v) is 2.49. The number of nitrogens with one attached hydrogen (secondary N) is 1. The van der Waals surface area contributed by atoms with Crippen LogP contribution in [0.5, 0.6) is 5.75 Å². The quantitative estimate of drug-likeness (QED) is 0.586. The molecule has 0 aromatic heterocycles. The molecule has 0 aliphatic carbocycles. The largest absolute Gasteiger partial charge is 0.481 e. The van der Waals surface area contributed by atoms with Crippen LogP contribution in [0.3, 0.4) is 0 Å². The summed E-state index contributed by atoms with van der Waals surface area (Å²) in [6.45, 7) is 4.27. The predicted octanol–water partition coefficient (Wildman–Crippen LogP) is 3.67. The predicted molar refractivity (Wildman–Crippen MR) is 95.7 cm³/mol. The van der Waals surface area contributed by atoms with Crippen LogP contribution in [0.4, 0.5) is 5.69 Å². The Balaban J connectivity index is 1.88. The van der Waals surface area contributed by atoms with Gasteiger partial charge in [-0.05, 0) is 31.0 Å². The van der Waals surface area contributed by atoms with Crippen LogP contribution in [0, 0.1) is 10.1 Å². The number of nitrogens with zero attached hydrogens (tertiary/aromatic N) is 1. The Kier molecular flexibility index (Phi) is 6.51. The fraction of sp³-hybridized carbons (Fsp3) is 0.316. The summed E-state index contributed by atoms with van der Waals surface area (Å²) in [7, 11) is 0. The summed E-state index contributed by atoms with van der Waals surface area (Å²) in [5.41, 5.74) is 1.17. The topological polar surface area (TPSA) is 81.5 Å². The summed E-state index contributed by atoms with van der Waals surface area (Å²) in [5.74, 6) is 0.452. The van der Waals surface area contributed by atoms with Gasteiger partial charge in [-0.25, -0.2) is 0 Å². The molecule has 2 rings (SSSR count). The Morgan fingerprint density at radius 2 is 1.80 bits per heavy atom. The van der Waals surface area contributed by atoms with Gasteiger partial charge in [0.15, 0.2) is 6.10 Å². The highest BCUT2D eigenvalue weighted by molar-refractivity contribution is 5.80. The van der Waals surface area contributed by atoms with Gasteiger partial charge < -0.3 is 10.1 Å². The monoisotopic (exact) mass is 342 g/mol. The minimum absolute atomic E-state index is 0.0156. The maximum Gasteiger partial charge on any atom is 0.269 e. The Morgan fingerprint density at radius 1 is 1.16 bits per heavy atom. The molecule has 0 radical (unpaired) electrons. The molecule has 0 saturated carbocycles. The summed E-state index contributed by atoms with van der Waals surface area (Å²) in [5, 5.41) is 13.5. The first-order valence-electron chi connectivity index (χ1n) is 8.25. The third kappa shape index (κ3) is 5.31. The summed E-state index contributed by atoms with van der Waals surface area (Å²) >= 11 is 0. The molecule has 0 aliphatic heterocycles. The van der Waals surface area contributed by atoms with Crippen molar-refractivity contribution in [3.63, 3.8) is 0 Å². The summed E-state index contributed by atoms with van der Waals surface area (Å²) in [4.78, 5) is 22.4. The summed E-state index contributed by atoms with van der Waals surface area (Å²) in [6, 6.07) is 15.7. The van der Waals surface area contributed by atoms with Gasteiger partial charge >= 0.3 is 0 Å². The third-order valence-corrected chi connectivity index (χ3v) is 4.02. The van der Waals surface area contributed by atoms with E-state index in [4.69, 9.17) is 4.74 Å². The van der Waals surface area contributed by atoms with E-state index in [1.807, 2.05) is 18.2 Å². The van der Waals surface area contributed by atoms with Crippen molar-refractivity contribution >= 4 is 11.6 Å². The van der Waals surface area contributed by atoms with Crippen LogP contribution in [0.25, 0.3) is 0 Å². The zero-order valence-electron chi connectivity index (χ0n) is 14.3. The molecular formula is C19H22N2O4. The van der Waals surface area contributed by atoms with Crippen LogP contribution in [-0.4, -0.2) is 23.5 Å². The first-order valence-corrected chi connectivity index (χ1v) is 8.25. The number of ether oxygens (including phenoxy) is 1. The fourth-order valence-electron chi connectivity index (χ4n) is 2.49. The molecule has 0 saturated heterocycles. The minimum atomic E-state index is -0.685. The van der Waals surface area contributed by atoms with Gasteiger partial charge in [-0.2, -0.15) is 0 Å². The highest BCUT2D eigenvalue weighted by Gasteiger charge is 2.17. The van der Waals surface area contributed by atoms with Crippen molar-refractivity contribution in [1.82, 2.24) is 5.32 Å². The van der Waals surface area contributed by atoms with Crippen LogP contribution in [0.2, 0.25) is 0 Å². The zero-order valence-corrected chi connectivity index (χ0v) is 14.3. The lowest BCUT2D eigenvalue weighted by molar-refractivity contribution is -0.384. The van der Waals surface area contributed by atoms with Crippen LogP contribution >= 0.6 is 0 Å². The molecule has 2 aromatic carbocycles. The standard InChI is InChI=1S/C19H22N2O4/c1-3-15(16-7-5-4-6-8-16)13-20-19(22)14(2)25-18-11-9-17(10-12-18)21(23)24/h4-12,14-15H,3,13H2,1-2H3,(H,20,22)/t14-,15-/m1/s1. The van der Waals surface area contributed by atoms with Crippen molar-refractivity contribution in [2.24, 2.45) is 0 Å². The maximum atomic E-state index is 12.2. The van der Waals surface area contributed by atoms with E-state index in [9.17, 15) is 14.9 Å². The number of nitro groups is 1. The number of carbonyl (C=O) groups excluding carboxylic acids is 1. The highest BCUT2D eigenvalue weighted by Crippen LogP contribution is 2.19. The van der Waals surface area contributed by atoms with E-state index in [0.29, 0.717) is 12.3 Å². The smallest absolute Gasteiger partial charge is 0.269 e. The van der Waals surface area contributed by atoms with Gasteiger partial charge in [-0.15, -0.1) is 0 Å². The molecule has 6 heteroatoms. The van der Waals surface area contributed by atoms with Crippen molar-refractivity contribution in [3.05, 3.63) is 70.3 Å². The third-order valence-electron chi connectivity index (χ3n) is 4.02. The number of rotatable bonds is 8. The molecule has 0 heterocycles. The van der Waals surface area contributed by atoms with E-state index >= 15 is 0 Å². The second kappa shape index (κ2) is 8.82. The molecule has 0 unspecified atom stereocenters. The van der Waals surface area contributed by atoms with Crippen LogP contribution < -0.4 is 10.1 Å². The van der Waals surface area contributed by atoms with E-state index in [0.717, 1.165) is 6.42 Å². The van der Waals surface area contributed by atoms with Crippen molar-refractivity contribution in [2.45, 2.75) is 32.3 Å². The van der Waals surface area contributed by atoms with Crippen molar-refractivity contribution < 1.29 is 14.5 Å². The van der Waals surface area contributed by atoms with Gasteiger partial charge in [0.1, 0.15) is 5.75 Å². The number of hydrogen-bond acceptors (Lipinski definition) is 4. The average Bonchev–Trinajstić information content (AvgIpc) is 2.63. The molecule has 6 nitrogen and oxygen atoms in total. The van der Waals surface area contributed by atoms with Crippen LogP contribution in [-0.2, 0) is 4.79 Å². The van der Waals surface area contributed by atoms with Gasteiger partial charge in [0.2, 0.25) is 0 Å². The van der Waals surface area contributed by atoms with Gasteiger partial charge in [0.25, 0.3) is 11.6 Å². The van der Waals surface area contributed by atoms with Crippen molar-refractivity contribution in [3.8, 4) is 5.75 Å². The lowest BCUT2D eigenvalue weighted by atomic mass is 9.96. The molecule has 2 aromatic rings. The van der Waals surface area contributed by atoms with Gasteiger partial charge in [0, 0.05) is 24.6 Å². The van der Waals surface area contributed by atoms with Gasteiger partial charge in [-0.1, -0.05) is 37.3 Å². The molecule has 1 N–H and O–H groups in total. The van der Waals surface area contributed by atoms with E-state index in [1.54, 1.807) is 6.92 Å². The second-order valence-corrected chi connectivity index (χ2v) is 5.77. The first-order chi connectivity index (χ1) is 12.0. The molecule has 0 spiro atoms. The van der Waals surface area contributed by atoms with E-state index in [1.165, 1.54) is 29.8 Å². The number of benzene rings is 2. The highest BCUT2D eigenvalue weighted by atomic mass is 16.6. The first kappa shape index (κ1) is 18.4. The van der Waals surface area contributed by atoms with E-state index in [2.05, 4.69) is 24.4 Å². The molecule has 0 bridgehead atoms. The minimum Gasteiger partial charge on any atom is -0.481 e. The molecule has 132 valence electrons. The number of carbonyl (C=O) groups is 1. The molecule has 0 fully saturated rings. The van der Waals surface area contributed by atoms with Crippen molar-refractivity contribution in [1.29, 1.82) is 0 Å². The number of hydrogen-bond donors (Lipinski definition) is 1. The molecular weight excluding hydrogens is 320 g/mol. The number of nitro benzene ring substituents is 1. The Morgan fingerprint density at radius 3 is 2.36 bits per heavy atom.